The Morgan fingerprint density at radius 1 is 1.35 bits per heavy atom. The van der Waals surface area contributed by atoms with Gasteiger partial charge in [-0.3, -0.25) is 9.52 Å². The van der Waals surface area contributed by atoms with E-state index in [1.54, 1.807) is 29.5 Å². The van der Waals surface area contributed by atoms with Crippen molar-refractivity contribution in [1.29, 1.82) is 0 Å². The van der Waals surface area contributed by atoms with E-state index < -0.39 is 21.7 Å². The van der Waals surface area contributed by atoms with Crippen LogP contribution in [-0.4, -0.2) is 25.2 Å². The lowest BCUT2D eigenvalue weighted by Crippen LogP contribution is -2.22. The molecule has 0 spiro atoms. The maximum Gasteiger partial charge on any atom is 0.320 e. The lowest BCUT2D eigenvalue weighted by atomic mass is 10.2. The Morgan fingerprint density at radius 2 is 2.12 bits per heavy atom. The summed E-state index contributed by atoms with van der Waals surface area (Å²) in [4.78, 5) is 10.4. The van der Waals surface area contributed by atoms with Crippen LogP contribution in [0.4, 0.5) is 5.69 Å². The molecule has 2 aromatic rings. The Balaban J connectivity index is 2.26. The SMILES string of the molecule is O=C(O)CS(=O)(=O)Nc1ccc2sccc2c1. The van der Waals surface area contributed by atoms with E-state index in [9.17, 15) is 13.2 Å². The zero-order valence-corrected chi connectivity index (χ0v) is 10.2. The van der Waals surface area contributed by atoms with Crippen LogP contribution in [0.25, 0.3) is 10.1 Å². The molecule has 2 N–H and O–H groups in total. The van der Waals surface area contributed by atoms with Crippen molar-refractivity contribution in [2.75, 3.05) is 10.5 Å². The minimum atomic E-state index is -3.83. The van der Waals surface area contributed by atoms with Crippen LogP contribution in [0.1, 0.15) is 0 Å². The van der Waals surface area contributed by atoms with Gasteiger partial charge in [-0.15, -0.1) is 11.3 Å². The Labute approximate surface area is 102 Å². The van der Waals surface area contributed by atoms with Gasteiger partial charge in [0.2, 0.25) is 10.0 Å². The third-order valence-corrected chi connectivity index (χ3v) is 4.11. The third-order valence-electron chi connectivity index (χ3n) is 2.04. The van der Waals surface area contributed by atoms with Gasteiger partial charge >= 0.3 is 5.97 Å². The van der Waals surface area contributed by atoms with Crippen molar-refractivity contribution in [3.63, 3.8) is 0 Å². The number of carbonyl (C=O) groups is 1. The van der Waals surface area contributed by atoms with Gasteiger partial charge in [0.25, 0.3) is 0 Å². The molecule has 1 aromatic carbocycles. The van der Waals surface area contributed by atoms with Crippen LogP contribution in [-0.2, 0) is 14.8 Å². The summed E-state index contributed by atoms with van der Waals surface area (Å²) in [5, 5.41) is 11.3. The summed E-state index contributed by atoms with van der Waals surface area (Å²) in [6.07, 6.45) is 0. The van der Waals surface area contributed by atoms with E-state index in [-0.39, 0.29) is 0 Å². The van der Waals surface area contributed by atoms with E-state index in [4.69, 9.17) is 5.11 Å². The lowest BCUT2D eigenvalue weighted by molar-refractivity contribution is -0.134. The topological polar surface area (TPSA) is 83.5 Å². The van der Waals surface area contributed by atoms with E-state index in [0.717, 1.165) is 10.1 Å². The molecule has 0 saturated carbocycles. The molecule has 0 aliphatic heterocycles. The standard InChI is InChI=1S/C10H9NO4S2/c12-10(13)6-17(14,15)11-8-1-2-9-7(5-8)3-4-16-9/h1-5,11H,6H2,(H,12,13). The Kier molecular flexibility index (Phi) is 3.03. The molecular weight excluding hydrogens is 262 g/mol. The van der Waals surface area contributed by atoms with Crippen LogP contribution in [0.2, 0.25) is 0 Å². The molecule has 0 atom stereocenters. The van der Waals surface area contributed by atoms with Crippen molar-refractivity contribution in [2.24, 2.45) is 0 Å². The minimum absolute atomic E-state index is 0.372. The van der Waals surface area contributed by atoms with Crippen molar-refractivity contribution in [3.05, 3.63) is 29.6 Å². The van der Waals surface area contributed by atoms with Gasteiger partial charge < -0.3 is 5.11 Å². The van der Waals surface area contributed by atoms with Gasteiger partial charge in [-0.05, 0) is 35.0 Å². The average molecular weight is 271 g/mol. The molecule has 0 saturated heterocycles. The molecule has 0 fully saturated rings. The summed E-state index contributed by atoms with van der Waals surface area (Å²) in [7, 11) is -3.83. The van der Waals surface area contributed by atoms with Crippen LogP contribution in [0, 0.1) is 0 Å². The van der Waals surface area contributed by atoms with Gasteiger partial charge in [0.15, 0.2) is 5.75 Å². The van der Waals surface area contributed by atoms with Crippen LogP contribution in [0.15, 0.2) is 29.6 Å². The maximum absolute atomic E-state index is 11.4. The van der Waals surface area contributed by atoms with E-state index >= 15 is 0 Å². The lowest BCUT2D eigenvalue weighted by Gasteiger charge is -2.05. The number of hydrogen-bond acceptors (Lipinski definition) is 4. The summed E-state index contributed by atoms with van der Waals surface area (Å²) < 4.78 is 26.1. The second-order valence-electron chi connectivity index (χ2n) is 3.43. The average Bonchev–Trinajstić information content (AvgIpc) is 2.61. The van der Waals surface area contributed by atoms with Crippen LogP contribution in [0.3, 0.4) is 0 Å². The summed E-state index contributed by atoms with van der Waals surface area (Å²) in [6, 6.07) is 6.94. The molecule has 90 valence electrons. The molecule has 0 radical (unpaired) electrons. The molecule has 17 heavy (non-hydrogen) atoms. The molecule has 0 bridgehead atoms. The summed E-state index contributed by atoms with van der Waals surface area (Å²) >= 11 is 1.55. The molecule has 0 aliphatic rings. The largest absolute Gasteiger partial charge is 0.480 e. The van der Waals surface area contributed by atoms with Gasteiger partial charge in [-0.1, -0.05) is 0 Å². The molecule has 0 amide bonds. The van der Waals surface area contributed by atoms with Gasteiger partial charge in [0, 0.05) is 10.4 Å². The molecule has 2 rings (SSSR count). The normalized spacial score (nSPS) is 11.5. The van der Waals surface area contributed by atoms with Crippen molar-refractivity contribution in [3.8, 4) is 0 Å². The first kappa shape index (κ1) is 11.9. The smallest absolute Gasteiger partial charge is 0.320 e. The number of carboxylic acid groups (broad SMARTS) is 1. The van der Waals surface area contributed by atoms with Crippen molar-refractivity contribution < 1.29 is 18.3 Å². The number of hydrogen-bond donors (Lipinski definition) is 2. The van der Waals surface area contributed by atoms with E-state index in [2.05, 4.69) is 4.72 Å². The fraction of sp³-hybridized carbons (Fsp3) is 0.100. The highest BCUT2D eigenvalue weighted by molar-refractivity contribution is 7.93. The number of rotatable bonds is 4. The summed E-state index contributed by atoms with van der Waals surface area (Å²) in [5.41, 5.74) is 0.372. The number of nitrogens with one attached hydrogen (secondary N) is 1. The predicted molar refractivity (Wildman–Crippen MR) is 66.9 cm³/mol. The van der Waals surface area contributed by atoms with E-state index in [1.165, 1.54) is 0 Å². The fourth-order valence-corrected chi connectivity index (χ4v) is 3.06. The number of thiophene rings is 1. The third kappa shape index (κ3) is 2.95. The first-order chi connectivity index (χ1) is 7.96. The second-order valence-corrected chi connectivity index (χ2v) is 6.10. The minimum Gasteiger partial charge on any atom is -0.480 e. The van der Waals surface area contributed by atoms with Crippen LogP contribution >= 0.6 is 11.3 Å². The Hall–Kier alpha value is -1.60. The van der Waals surface area contributed by atoms with Gasteiger partial charge in [0.1, 0.15) is 0 Å². The molecule has 1 heterocycles. The molecule has 7 heteroatoms. The zero-order valence-electron chi connectivity index (χ0n) is 8.58. The summed E-state index contributed by atoms with van der Waals surface area (Å²) in [6.45, 7) is 0. The maximum atomic E-state index is 11.4. The number of carboxylic acids is 1. The quantitative estimate of drug-likeness (QED) is 0.887. The van der Waals surface area contributed by atoms with Gasteiger partial charge in [0.05, 0.1) is 0 Å². The van der Waals surface area contributed by atoms with Crippen molar-refractivity contribution >= 4 is 43.1 Å². The van der Waals surface area contributed by atoms with Crippen molar-refractivity contribution in [2.45, 2.75) is 0 Å². The van der Waals surface area contributed by atoms with Crippen LogP contribution in [0.5, 0.6) is 0 Å². The highest BCUT2D eigenvalue weighted by atomic mass is 32.2. The Morgan fingerprint density at radius 3 is 2.82 bits per heavy atom. The van der Waals surface area contributed by atoms with E-state index in [0.29, 0.717) is 5.69 Å². The molecule has 5 nitrogen and oxygen atoms in total. The first-order valence-electron chi connectivity index (χ1n) is 4.66. The molecule has 0 unspecified atom stereocenters. The highest BCUT2D eigenvalue weighted by Crippen LogP contribution is 2.24. The predicted octanol–water partition coefficient (Wildman–Crippen LogP) is 1.73. The molecule has 0 aliphatic carbocycles. The van der Waals surface area contributed by atoms with Crippen molar-refractivity contribution in [1.82, 2.24) is 0 Å². The Bertz CT molecular complexity index is 660. The second kappa shape index (κ2) is 4.34. The summed E-state index contributed by atoms with van der Waals surface area (Å²) in [5.74, 6) is -2.32. The van der Waals surface area contributed by atoms with E-state index in [1.807, 2.05) is 11.4 Å². The fourth-order valence-electron chi connectivity index (χ4n) is 1.41. The number of fused-ring (bicyclic) bond motifs is 1. The number of aliphatic carboxylic acids is 1. The molecule has 1 aromatic heterocycles. The zero-order chi connectivity index (χ0) is 12.5. The van der Waals surface area contributed by atoms with Gasteiger partial charge in [-0.25, -0.2) is 8.42 Å². The van der Waals surface area contributed by atoms with Crippen LogP contribution < -0.4 is 4.72 Å². The highest BCUT2D eigenvalue weighted by Gasteiger charge is 2.15. The molecular formula is C10H9NO4S2. The number of sulfonamides is 1. The van der Waals surface area contributed by atoms with Gasteiger partial charge in [-0.2, -0.15) is 0 Å². The number of benzene rings is 1. The number of anilines is 1. The monoisotopic (exact) mass is 271 g/mol. The first-order valence-corrected chi connectivity index (χ1v) is 7.19.